The van der Waals surface area contributed by atoms with Crippen LogP contribution in [0.25, 0.3) is 44.5 Å². The third-order valence-electron chi connectivity index (χ3n) is 4.62. The Labute approximate surface area is 159 Å². The van der Waals surface area contributed by atoms with Gasteiger partial charge in [0.15, 0.2) is 0 Å². The zero-order chi connectivity index (χ0) is 18.4. The molecule has 0 aliphatic rings. The molecule has 130 valence electrons. The first-order valence-electron chi connectivity index (χ1n) is 8.49. The number of benzene rings is 3. The Morgan fingerprint density at radius 1 is 0.889 bits per heavy atom. The lowest BCUT2D eigenvalue weighted by molar-refractivity contribution is 0.630. The molecule has 3 nitrogen and oxygen atoms in total. The van der Waals surface area contributed by atoms with Crippen molar-refractivity contribution in [1.82, 2.24) is 15.0 Å². The van der Waals surface area contributed by atoms with E-state index < -0.39 is 5.82 Å². The maximum atomic E-state index is 14.3. The molecule has 0 amide bonds. The van der Waals surface area contributed by atoms with Gasteiger partial charge in [0.25, 0.3) is 0 Å². The number of imidazole rings is 1. The Kier molecular flexibility index (Phi) is 3.66. The number of aromatic amines is 1. The molecule has 0 aliphatic carbocycles. The summed E-state index contributed by atoms with van der Waals surface area (Å²) in [5.74, 6) is -0.0141. The summed E-state index contributed by atoms with van der Waals surface area (Å²) >= 11 is 6.18. The van der Waals surface area contributed by atoms with Crippen molar-refractivity contribution in [2.45, 2.75) is 0 Å². The van der Waals surface area contributed by atoms with Gasteiger partial charge in [-0.25, -0.2) is 9.37 Å². The minimum atomic E-state index is -0.412. The van der Waals surface area contributed by atoms with Gasteiger partial charge in [0.1, 0.15) is 11.6 Å². The van der Waals surface area contributed by atoms with Crippen molar-refractivity contribution in [2.24, 2.45) is 0 Å². The van der Waals surface area contributed by atoms with Crippen LogP contribution in [-0.4, -0.2) is 15.0 Å². The molecule has 0 atom stereocenters. The molecule has 5 rings (SSSR count). The molecule has 5 heteroatoms. The van der Waals surface area contributed by atoms with Crippen molar-refractivity contribution < 1.29 is 4.39 Å². The summed E-state index contributed by atoms with van der Waals surface area (Å²) in [5.41, 5.74) is 4.80. The van der Waals surface area contributed by atoms with Crippen molar-refractivity contribution in [3.05, 3.63) is 83.8 Å². The highest BCUT2D eigenvalue weighted by Crippen LogP contribution is 2.32. The van der Waals surface area contributed by atoms with Crippen molar-refractivity contribution >= 4 is 33.5 Å². The molecule has 2 heterocycles. The highest BCUT2D eigenvalue weighted by molar-refractivity contribution is 6.33. The van der Waals surface area contributed by atoms with Crippen LogP contribution in [0.5, 0.6) is 0 Å². The number of hydrogen-bond acceptors (Lipinski definition) is 2. The van der Waals surface area contributed by atoms with Gasteiger partial charge in [-0.05, 0) is 35.4 Å². The van der Waals surface area contributed by atoms with Gasteiger partial charge in [0.2, 0.25) is 0 Å². The van der Waals surface area contributed by atoms with Gasteiger partial charge >= 0.3 is 0 Å². The molecule has 0 saturated carbocycles. The quantitative estimate of drug-likeness (QED) is 0.398. The van der Waals surface area contributed by atoms with E-state index in [2.05, 4.69) is 27.1 Å². The van der Waals surface area contributed by atoms with Crippen molar-refractivity contribution in [2.75, 3.05) is 0 Å². The number of rotatable bonds is 2. The lowest BCUT2D eigenvalue weighted by atomic mass is 10.0. The van der Waals surface area contributed by atoms with Gasteiger partial charge in [-0.15, -0.1) is 0 Å². The van der Waals surface area contributed by atoms with E-state index in [4.69, 9.17) is 11.6 Å². The minimum Gasteiger partial charge on any atom is -0.337 e. The predicted octanol–water partition coefficient (Wildman–Crippen LogP) is 6.24. The molecule has 0 saturated heterocycles. The third-order valence-corrected chi connectivity index (χ3v) is 4.94. The van der Waals surface area contributed by atoms with Crippen LogP contribution in [0.4, 0.5) is 4.39 Å². The summed E-state index contributed by atoms with van der Waals surface area (Å²) in [6.45, 7) is 0. The normalized spacial score (nSPS) is 11.3. The second-order valence-electron chi connectivity index (χ2n) is 6.30. The summed E-state index contributed by atoms with van der Waals surface area (Å²) in [6, 6.07) is 20.8. The maximum Gasteiger partial charge on any atom is 0.143 e. The number of nitrogens with zero attached hydrogens (tertiary/aromatic N) is 2. The third kappa shape index (κ3) is 2.66. The Morgan fingerprint density at radius 2 is 1.74 bits per heavy atom. The van der Waals surface area contributed by atoms with Gasteiger partial charge < -0.3 is 4.98 Å². The van der Waals surface area contributed by atoms with E-state index in [0.717, 1.165) is 33.1 Å². The summed E-state index contributed by atoms with van der Waals surface area (Å²) < 4.78 is 14.3. The van der Waals surface area contributed by atoms with Gasteiger partial charge in [-0.1, -0.05) is 54.1 Å². The van der Waals surface area contributed by atoms with Crippen LogP contribution in [-0.2, 0) is 0 Å². The van der Waals surface area contributed by atoms with Gasteiger partial charge in [-0.3, -0.25) is 4.98 Å². The molecular formula is C22H13ClFN3. The Bertz CT molecular complexity index is 1280. The molecule has 0 radical (unpaired) electrons. The fourth-order valence-corrected chi connectivity index (χ4v) is 3.56. The van der Waals surface area contributed by atoms with Crippen LogP contribution in [0, 0.1) is 5.82 Å². The zero-order valence-corrected chi connectivity index (χ0v) is 14.8. The number of halogens is 2. The average molecular weight is 374 g/mol. The van der Waals surface area contributed by atoms with Gasteiger partial charge in [0.05, 0.1) is 33.3 Å². The number of hydrogen-bond donors (Lipinski definition) is 1. The highest BCUT2D eigenvalue weighted by Gasteiger charge is 2.15. The largest absolute Gasteiger partial charge is 0.337 e. The molecule has 0 aliphatic heterocycles. The Hall–Kier alpha value is -3.24. The summed E-state index contributed by atoms with van der Waals surface area (Å²) in [7, 11) is 0. The molecule has 0 fully saturated rings. The van der Waals surface area contributed by atoms with E-state index in [9.17, 15) is 4.39 Å². The second-order valence-corrected chi connectivity index (χ2v) is 6.71. The van der Waals surface area contributed by atoms with Gasteiger partial charge in [-0.2, -0.15) is 0 Å². The van der Waals surface area contributed by atoms with E-state index in [0.29, 0.717) is 10.8 Å². The topological polar surface area (TPSA) is 41.6 Å². The zero-order valence-electron chi connectivity index (χ0n) is 14.1. The molecule has 27 heavy (non-hydrogen) atoms. The minimum absolute atomic E-state index is 0.268. The summed E-state index contributed by atoms with van der Waals surface area (Å²) in [6.07, 6.45) is 1.72. The first kappa shape index (κ1) is 16.0. The van der Waals surface area contributed by atoms with Crippen LogP contribution in [0.3, 0.4) is 0 Å². The molecule has 1 N–H and O–H groups in total. The SMILES string of the molecule is Fc1cccc(Cl)c1-c1nc2c(cnc3cc(-c4ccccc4)ccc32)[nH]1. The molecule has 3 aromatic carbocycles. The van der Waals surface area contributed by atoms with Crippen LogP contribution in [0.2, 0.25) is 5.02 Å². The first-order valence-corrected chi connectivity index (χ1v) is 8.87. The fraction of sp³-hybridized carbons (Fsp3) is 0. The van der Waals surface area contributed by atoms with Crippen LogP contribution in [0.1, 0.15) is 0 Å². The van der Waals surface area contributed by atoms with E-state index in [-0.39, 0.29) is 5.56 Å². The molecule has 2 aromatic heterocycles. The highest BCUT2D eigenvalue weighted by atomic mass is 35.5. The Balaban J connectivity index is 1.70. The van der Waals surface area contributed by atoms with Crippen LogP contribution >= 0.6 is 11.6 Å². The molecule has 5 aromatic rings. The number of pyridine rings is 1. The van der Waals surface area contributed by atoms with Crippen molar-refractivity contribution in [3.63, 3.8) is 0 Å². The lowest BCUT2D eigenvalue weighted by Gasteiger charge is -2.04. The first-order chi connectivity index (χ1) is 13.2. The van der Waals surface area contributed by atoms with Crippen LogP contribution < -0.4 is 0 Å². The van der Waals surface area contributed by atoms with E-state index >= 15 is 0 Å². The molecule has 0 bridgehead atoms. The second kappa shape index (κ2) is 6.18. The Morgan fingerprint density at radius 3 is 2.56 bits per heavy atom. The summed E-state index contributed by atoms with van der Waals surface area (Å²) in [5, 5.41) is 1.22. The predicted molar refractivity (Wildman–Crippen MR) is 107 cm³/mol. The average Bonchev–Trinajstić information content (AvgIpc) is 3.12. The fourth-order valence-electron chi connectivity index (χ4n) is 3.31. The van der Waals surface area contributed by atoms with Crippen LogP contribution in [0.15, 0.2) is 72.9 Å². The number of nitrogens with one attached hydrogen (secondary N) is 1. The maximum absolute atomic E-state index is 14.3. The van der Waals surface area contributed by atoms with Crippen molar-refractivity contribution in [3.8, 4) is 22.5 Å². The summed E-state index contributed by atoms with van der Waals surface area (Å²) in [4.78, 5) is 12.3. The van der Waals surface area contributed by atoms with E-state index in [1.165, 1.54) is 6.07 Å². The number of H-pyrrole nitrogens is 1. The molecular weight excluding hydrogens is 361 g/mol. The number of aromatic nitrogens is 3. The van der Waals surface area contributed by atoms with E-state index in [1.54, 1.807) is 18.3 Å². The number of fused-ring (bicyclic) bond motifs is 3. The standard InChI is InChI=1S/C22H13ClFN3/c23-16-7-4-8-17(24)20(16)22-26-19-12-25-18-11-14(13-5-2-1-3-6-13)9-10-15(18)21(19)27-22/h1-12H,(H,26,27). The van der Waals surface area contributed by atoms with Crippen molar-refractivity contribution in [1.29, 1.82) is 0 Å². The lowest BCUT2D eigenvalue weighted by Crippen LogP contribution is -1.87. The van der Waals surface area contributed by atoms with E-state index in [1.807, 2.05) is 36.4 Å². The molecule has 0 spiro atoms. The van der Waals surface area contributed by atoms with Gasteiger partial charge in [0, 0.05) is 5.39 Å². The smallest absolute Gasteiger partial charge is 0.143 e. The monoisotopic (exact) mass is 373 g/mol. The molecule has 0 unspecified atom stereocenters.